The average Bonchev–Trinajstić information content (AvgIpc) is 2.62. The molecule has 2 aliphatic heterocycles. The zero-order chi connectivity index (χ0) is 13.8. The second kappa shape index (κ2) is 7.08. The Hall–Kier alpha value is -0.0800. The van der Waals surface area contributed by atoms with Gasteiger partial charge in [-0.2, -0.15) is 0 Å². The first kappa shape index (κ1) is 15.3. The minimum atomic E-state index is 0.767. The Kier molecular flexibility index (Phi) is 5.70. The first-order valence-corrected chi connectivity index (χ1v) is 8.60. The van der Waals surface area contributed by atoms with E-state index in [0.29, 0.717) is 0 Å². The Morgan fingerprint density at radius 1 is 1.16 bits per heavy atom. The summed E-state index contributed by atoms with van der Waals surface area (Å²) in [6, 6.07) is 2.53. The summed E-state index contributed by atoms with van der Waals surface area (Å²) in [5.41, 5.74) is 0. The van der Waals surface area contributed by atoms with Gasteiger partial charge in [0.1, 0.15) is 0 Å². The molecule has 4 unspecified atom stereocenters. The summed E-state index contributed by atoms with van der Waals surface area (Å²) in [4.78, 5) is 2.66. The summed E-state index contributed by atoms with van der Waals surface area (Å²) in [6.45, 7) is 8.15. The minimum absolute atomic E-state index is 0.767. The summed E-state index contributed by atoms with van der Waals surface area (Å²) >= 11 is 0. The molecule has 2 fully saturated rings. The molecule has 0 aliphatic carbocycles. The van der Waals surface area contributed by atoms with E-state index in [0.717, 1.165) is 36.5 Å². The molecule has 2 rings (SSSR count). The van der Waals surface area contributed by atoms with E-state index in [-0.39, 0.29) is 0 Å². The molecule has 1 N–H and O–H groups in total. The molecule has 2 nitrogen and oxygen atoms in total. The molecule has 0 aromatic carbocycles. The van der Waals surface area contributed by atoms with Crippen molar-refractivity contribution in [2.75, 3.05) is 13.6 Å². The molecule has 0 spiro atoms. The molecule has 2 aliphatic rings. The molecule has 19 heavy (non-hydrogen) atoms. The summed E-state index contributed by atoms with van der Waals surface area (Å²) in [5.74, 6) is 1.80. The van der Waals surface area contributed by atoms with Crippen LogP contribution in [0.25, 0.3) is 0 Å². The molecular formula is C17H34N2. The third-order valence-electron chi connectivity index (χ3n) is 5.61. The third kappa shape index (κ3) is 3.72. The molecule has 2 heterocycles. The highest BCUT2D eigenvalue weighted by Gasteiger charge is 2.40. The van der Waals surface area contributed by atoms with E-state index in [1.54, 1.807) is 0 Å². The number of fused-ring (bicyclic) bond motifs is 2. The van der Waals surface area contributed by atoms with Crippen LogP contribution in [0.4, 0.5) is 0 Å². The normalized spacial score (nSPS) is 34.4. The molecule has 0 amide bonds. The monoisotopic (exact) mass is 266 g/mol. The average molecular weight is 266 g/mol. The van der Waals surface area contributed by atoms with Gasteiger partial charge in [-0.25, -0.2) is 0 Å². The van der Waals surface area contributed by atoms with Crippen molar-refractivity contribution in [2.45, 2.75) is 83.8 Å². The molecule has 4 atom stereocenters. The molecule has 2 heteroatoms. The van der Waals surface area contributed by atoms with E-state index in [1.165, 1.54) is 44.9 Å². The lowest BCUT2D eigenvalue weighted by molar-refractivity contribution is 0.106. The van der Waals surface area contributed by atoms with Gasteiger partial charge < -0.3 is 10.2 Å². The molecule has 0 aromatic heterocycles. The van der Waals surface area contributed by atoms with Crippen LogP contribution in [0.5, 0.6) is 0 Å². The van der Waals surface area contributed by atoms with Crippen molar-refractivity contribution in [2.24, 2.45) is 11.8 Å². The number of piperidine rings is 1. The van der Waals surface area contributed by atoms with Crippen LogP contribution in [0, 0.1) is 11.8 Å². The van der Waals surface area contributed by atoms with Gasteiger partial charge >= 0.3 is 0 Å². The zero-order valence-electron chi connectivity index (χ0n) is 13.5. The quantitative estimate of drug-likeness (QED) is 0.756. The zero-order valence-corrected chi connectivity index (χ0v) is 13.5. The Balaban J connectivity index is 1.92. The third-order valence-corrected chi connectivity index (χ3v) is 5.61. The van der Waals surface area contributed by atoms with Crippen LogP contribution in [0.15, 0.2) is 0 Å². The van der Waals surface area contributed by atoms with Crippen molar-refractivity contribution < 1.29 is 0 Å². The summed E-state index contributed by atoms with van der Waals surface area (Å²) < 4.78 is 0. The Labute approximate surface area is 120 Å². The lowest BCUT2D eigenvalue weighted by Crippen LogP contribution is -2.47. The van der Waals surface area contributed by atoms with Gasteiger partial charge in [-0.05, 0) is 57.5 Å². The first-order chi connectivity index (χ1) is 9.15. The van der Waals surface area contributed by atoms with E-state index < -0.39 is 0 Å². The fourth-order valence-corrected chi connectivity index (χ4v) is 4.53. The van der Waals surface area contributed by atoms with Gasteiger partial charge in [-0.1, -0.05) is 33.6 Å². The van der Waals surface area contributed by atoms with Crippen LogP contribution < -0.4 is 5.32 Å². The van der Waals surface area contributed by atoms with Gasteiger partial charge in [0.2, 0.25) is 0 Å². The minimum Gasteiger partial charge on any atom is -0.314 e. The SMILES string of the molecule is CCCC(C)CC(NCC)C1CC2CCC(C1)N2C. The Morgan fingerprint density at radius 2 is 1.79 bits per heavy atom. The second-order valence-corrected chi connectivity index (χ2v) is 7.08. The van der Waals surface area contributed by atoms with Crippen molar-refractivity contribution >= 4 is 0 Å². The maximum atomic E-state index is 3.81. The lowest BCUT2D eigenvalue weighted by atomic mass is 9.81. The number of nitrogens with zero attached hydrogens (tertiary/aromatic N) is 1. The number of nitrogens with one attached hydrogen (secondary N) is 1. The van der Waals surface area contributed by atoms with E-state index in [1.807, 2.05) is 0 Å². The van der Waals surface area contributed by atoms with Crippen molar-refractivity contribution in [3.63, 3.8) is 0 Å². The second-order valence-electron chi connectivity index (χ2n) is 7.08. The van der Waals surface area contributed by atoms with E-state index >= 15 is 0 Å². The number of hydrogen-bond donors (Lipinski definition) is 1. The summed E-state index contributed by atoms with van der Waals surface area (Å²) in [7, 11) is 2.35. The topological polar surface area (TPSA) is 15.3 Å². The summed E-state index contributed by atoms with van der Waals surface area (Å²) in [6.07, 6.45) is 9.87. The number of rotatable bonds is 7. The van der Waals surface area contributed by atoms with Crippen LogP contribution in [-0.4, -0.2) is 36.6 Å². The van der Waals surface area contributed by atoms with Crippen LogP contribution in [0.3, 0.4) is 0 Å². The van der Waals surface area contributed by atoms with Gasteiger partial charge in [-0.3, -0.25) is 0 Å². The first-order valence-electron chi connectivity index (χ1n) is 8.60. The molecule has 2 bridgehead atoms. The van der Waals surface area contributed by atoms with Gasteiger partial charge in [0, 0.05) is 18.1 Å². The molecule has 0 radical (unpaired) electrons. The molecule has 2 saturated heterocycles. The van der Waals surface area contributed by atoms with Crippen molar-refractivity contribution in [3.05, 3.63) is 0 Å². The van der Waals surface area contributed by atoms with Crippen LogP contribution in [-0.2, 0) is 0 Å². The fourth-order valence-electron chi connectivity index (χ4n) is 4.53. The van der Waals surface area contributed by atoms with Crippen LogP contribution in [0.1, 0.15) is 65.7 Å². The van der Waals surface area contributed by atoms with E-state index in [2.05, 4.69) is 38.0 Å². The Bertz CT molecular complexity index is 252. The van der Waals surface area contributed by atoms with Crippen LogP contribution in [0.2, 0.25) is 0 Å². The standard InChI is InChI=1S/C17H34N2/c1-5-7-13(3)10-17(18-6-2)14-11-15-8-9-16(12-14)19(15)4/h13-18H,5-12H2,1-4H3. The molecular weight excluding hydrogens is 232 g/mol. The maximum Gasteiger partial charge on any atom is 0.00989 e. The predicted molar refractivity (Wildman–Crippen MR) is 83.5 cm³/mol. The highest BCUT2D eigenvalue weighted by atomic mass is 15.2. The van der Waals surface area contributed by atoms with E-state index in [4.69, 9.17) is 0 Å². The van der Waals surface area contributed by atoms with Crippen LogP contribution >= 0.6 is 0 Å². The highest BCUT2D eigenvalue weighted by molar-refractivity contribution is 4.96. The van der Waals surface area contributed by atoms with Gasteiger partial charge in [-0.15, -0.1) is 0 Å². The lowest BCUT2D eigenvalue weighted by Gasteiger charge is -2.40. The van der Waals surface area contributed by atoms with Crippen molar-refractivity contribution in [3.8, 4) is 0 Å². The smallest absolute Gasteiger partial charge is 0.00989 e. The Morgan fingerprint density at radius 3 is 2.32 bits per heavy atom. The fraction of sp³-hybridized carbons (Fsp3) is 1.00. The van der Waals surface area contributed by atoms with Gasteiger partial charge in [0.25, 0.3) is 0 Å². The molecule has 112 valence electrons. The molecule has 0 saturated carbocycles. The maximum absolute atomic E-state index is 3.81. The van der Waals surface area contributed by atoms with Crippen molar-refractivity contribution in [1.82, 2.24) is 10.2 Å². The molecule has 0 aromatic rings. The predicted octanol–water partition coefficient (Wildman–Crippen LogP) is 3.66. The van der Waals surface area contributed by atoms with Gasteiger partial charge in [0.05, 0.1) is 0 Å². The van der Waals surface area contributed by atoms with Crippen molar-refractivity contribution in [1.29, 1.82) is 0 Å². The summed E-state index contributed by atoms with van der Waals surface area (Å²) in [5, 5.41) is 3.81. The van der Waals surface area contributed by atoms with E-state index in [9.17, 15) is 0 Å². The largest absolute Gasteiger partial charge is 0.314 e. The highest BCUT2D eigenvalue weighted by Crippen LogP contribution is 2.39. The van der Waals surface area contributed by atoms with Gasteiger partial charge in [0.15, 0.2) is 0 Å². The number of hydrogen-bond acceptors (Lipinski definition) is 2.